The minimum atomic E-state index is -0.832. The Kier molecular flexibility index (Phi) is 3.62. The van der Waals surface area contributed by atoms with Gasteiger partial charge in [0.05, 0.1) is 17.5 Å². The highest BCUT2D eigenvalue weighted by Crippen LogP contribution is 2.19. The van der Waals surface area contributed by atoms with Crippen molar-refractivity contribution in [3.8, 4) is 0 Å². The minimum absolute atomic E-state index is 0.0224. The topological polar surface area (TPSA) is 64.4 Å². The summed E-state index contributed by atoms with van der Waals surface area (Å²) in [5.41, 5.74) is 2.60. The van der Waals surface area contributed by atoms with E-state index in [0.29, 0.717) is 6.61 Å². The first-order valence-corrected chi connectivity index (χ1v) is 5.84. The van der Waals surface area contributed by atoms with Crippen LogP contribution in [0, 0.1) is 0 Å². The number of carbonyl (C=O) groups is 1. The van der Waals surface area contributed by atoms with Gasteiger partial charge in [-0.15, -0.1) is 0 Å². The standard InChI is InChI=1S/C13H16N2O3/c1-3-15-11-5-4-9(7-13(16)17)6-10(11)14-12(15)8-18-2/h4-6H,3,7-8H2,1-2H3,(H,16,17). The second-order valence-corrected chi connectivity index (χ2v) is 4.10. The lowest BCUT2D eigenvalue weighted by Gasteiger charge is -2.04. The summed E-state index contributed by atoms with van der Waals surface area (Å²) >= 11 is 0. The normalized spacial score (nSPS) is 11.0. The molecule has 5 heteroatoms. The van der Waals surface area contributed by atoms with Gasteiger partial charge in [0.15, 0.2) is 0 Å². The van der Waals surface area contributed by atoms with Gasteiger partial charge in [0, 0.05) is 13.7 Å². The van der Waals surface area contributed by atoms with Gasteiger partial charge in [-0.2, -0.15) is 0 Å². The van der Waals surface area contributed by atoms with E-state index in [1.807, 2.05) is 25.1 Å². The molecule has 0 amide bonds. The van der Waals surface area contributed by atoms with Crippen LogP contribution in [0.3, 0.4) is 0 Å². The average molecular weight is 248 g/mol. The molecular formula is C13H16N2O3. The van der Waals surface area contributed by atoms with Crippen LogP contribution < -0.4 is 0 Å². The van der Waals surface area contributed by atoms with Crippen LogP contribution in [0.25, 0.3) is 11.0 Å². The van der Waals surface area contributed by atoms with Crippen molar-refractivity contribution in [2.45, 2.75) is 26.5 Å². The Hall–Kier alpha value is -1.88. The summed E-state index contributed by atoms with van der Waals surface area (Å²) in [6, 6.07) is 5.58. The summed E-state index contributed by atoms with van der Waals surface area (Å²) in [4.78, 5) is 15.2. The third-order valence-corrected chi connectivity index (χ3v) is 2.84. The lowest BCUT2D eigenvalue weighted by atomic mass is 10.1. The highest BCUT2D eigenvalue weighted by molar-refractivity contribution is 5.79. The van der Waals surface area contributed by atoms with E-state index in [-0.39, 0.29) is 6.42 Å². The van der Waals surface area contributed by atoms with E-state index < -0.39 is 5.97 Å². The monoisotopic (exact) mass is 248 g/mol. The molecule has 1 N–H and O–H groups in total. The maximum Gasteiger partial charge on any atom is 0.307 e. The van der Waals surface area contributed by atoms with Gasteiger partial charge in [0.25, 0.3) is 0 Å². The van der Waals surface area contributed by atoms with Crippen LogP contribution in [0.1, 0.15) is 18.3 Å². The van der Waals surface area contributed by atoms with Crippen LogP contribution in [0.4, 0.5) is 0 Å². The quantitative estimate of drug-likeness (QED) is 0.876. The van der Waals surface area contributed by atoms with Crippen molar-refractivity contribution in [2.24, 2.45) is 0 Å². The van der Waals surface area contributed by atoms with Crippen LogP contribution in [-0.4, -0.2) is 27.7 Å². The maximum absolute atomic E-state index is 10.7. The smallest absolute Gasteiger partial charge is 0.307 e. The number of fused-ring (bicyclic) bond motifs is 1. The van der Waals surface area contributed by atoms with E-state index in [9.17, 15) is 4.79 Å². The molecule has 18 heavy (non-hydrogen) atoms. The molecule has 0 saturated heterocycles. The van der Waals surface area contributed by atoms with Gasteiger partial charge in [-0.3, -0.25) is 4.79 Å². The summed E-state index contributed by atoms with van der Waals surface area (Å²) in [6.07, 6.45) is 0.0224. The van der Waals surface area contributed by atoms with Crippen molar-refractivity contribution in [3.05, 3.63) is 29.6 Å². The second kappa shape index (κ2) is 5.18. The fourth-order valence-electron chi connectivity index (χ4n) is 2.10. The SMILES string of the molecule is CCn1c(COC)nc2cc(CC(=O)O)ccc21. The van der Waals surface area contributed by atoms with E-state index in [0.717, 1.165) is 29.0 Å². The average Bonchev–Trinajstić information content (AvgIpc) is 2.65. The van der Waals surface area contributed by atoms with Gasteiger partial charge >= 0.3 is 5.97 Å². The van der Waals surface area contributed by atoms with Crippen LogP contribution in [0.2, 0.25) is 0 Å². The predicted molar refractivity (Wildman–Crippen MR) is 67.5 cm³/mol. The van der Waals surface area contributed by atoms with Gasteiger partial charge in [0.1, 0.15) is 12.4 Å². The molecule has 2 rings (SSSR count). The Morgan fingerprint density at radius 2 is 2.28 bits per heavy atom. The molecule has 2 aromatic rings. The number of aryl methyl sites for hydroxylation is 1. The molecule has 1 aromatic heterocycles. The number of aliphatic carboxylic acids is 1. The van der Waals surface area contributed by atoms with Crippen LogP contribution >= 0.6 is 0 Å². The van der Waals surface area contributed by atoms with Gasteiger partial charge < -0.3 is 14.4 Å². The Morgan fingerprint density at radius 1 is 1.50 bits per heavy atom. The molecule has 5 nitrogen and oxygen atoms in total. The van der Waals surface area contributed by atoms with Crippen LogP contribution in [0.5, 0.6) is 0 Å². The second-order valence-electron chi connectivity index (χ2n) is 4.10. The molecule has 0 unspecified atom stereocenters. The molecule has 0 aliphatic rings. The predicted octanol–water partition coefficient (Wildman–Crippen LogP) is 1.83. The van der Waals surface area contributed by atoms with E-state index in [1.54, 1.807) is 7.11 Å². The molecular weight excluding hydrogens is 232 g/mol. The van der Waals surface area contributed by atoms with Crippen LogP contribution in [0.15, 0.2) is 18.2 Å². The van der Waals surface area contributed by atoms with Crippen molar-refractivity contribution in [3.63, 3.8) is 0 Å². The number of aromatic nitrogens is 2. The van der Waals surface area contributed by atoms with Crippen molar-refractivity contribution in [1.29, 1.82) is 0 Å². The number of methoxy groups -OCH3 is 1. The number of ether oxygens (including phenoxy) is 1. The Labute approximate surface area is 105 Å². The molecule has 0 spiro atoms. The summed E-state index contributed by atoms with van der Waals surface area (Å²) in [5, 5.41) is 8.78. The summed E-state index contributed by atoms with van der Waals surface area (Å²) in [6.45, 7) is 3.32. The third-order valence-electron chi connectivity index (χ3n) is 2.84. The first-order chi connectivity index (χ1) is 8.65. The first kappa shape index (κ1) is 12.6. The number of rotatable bonds is 5. The number of hydrogen-bond acceptors (Lipinski definition) is 3. The number of carboxylic acid groups (broad SMARTS) is 1. The number of imidazole rings is 1. The molecule has 0 saturated carbocycles. The molecule has 0 aliphatic carbocycles. The van der Waals surface area contributed by atoms with E-state index in [2.05, 4.69) is 9.55 Å². The van der Waals surface area contributed by atoms with Crippen molar-refractivity contribution in [1.82, 2.24) is 9.55 Å². The Morgan fingerprint density at radius 3 is 2.89 bits per heavy atom. The molecule has 0 atom stereocenters. The van der Waals surface area contributed by atoms with Crippen molar-refractivity contribution >= 4 is 17.0 Å². The fourth-order valence-corrected chi connectivity index (χ4v) is 2.10. The zero-order valence-corrected chi connectivity index (χ0v) is 10.5. The van der Waals surface area contributed by atoms with Crippen molar-refractivity contribution in [2.75, 3.05) is 7.11 Å². The zero-order chi connectivity index (χ0) is 13.1. The molecule has 0 fully saturated rings. The Balaban J connectivity index is 2.47. The van der Waals surface area contributed by atoms with Crippen molar-refractivity contribution < 1.29 is 14.6 Å². The molecule has 0 aliphatic heterocycles. The maximum atomic E-state index is 10.7. The van der Waals surface area contributed by atoms with Gasteiger partial charge in [-0.05, 0) is 24.6 Å². The Bertz CT molecular complexity index is 575. The highest BCUT2D eigenvalue weighted by atomic mass is 16.5. The number of nitrogens with zero attached hydrogens (tertiary/aromatic N) is 2. The van der Waals surface area contributed by atoms with E-state index >= 15 is 0 Å². The molecule has 96 valence electrons. The van der Waals surface area contributed by atoms with Crippen LogP contribution in [-0.2, 0) is 29.1 Å². The third kappa shape index (κ3) is 2.36. The van der Waals surface area contributed by atoms with E-state index in [4.69, 9.17) is 9.84 Å². The molecule has 0 bridgehead atoms. The number of benzene rings is 1. The fraction of sp³-hybridized carbons (Fsp3) is 0.385. The zero-order valence-electron chi connectivity index (χ0n) is 10.5. The first-order valence-electron chi connectivity index (χ1n) is 5.84. The summed E-state index contributed by atoms with van der Waals surface area (Å²) in [5.74, 6) is 0.0314. The molecule has 1 heterocycles. The molecule has 0 radical (unpaired) electrons. The lowest BCUT2D eigenvalue weighted by molar-refractivity contribution is -0.136. The summed E-state index contributed by atoms with van der Waals surface area (Å²) < 4.78 is 7.19. The number of hydrogen-bond donors (Lipinski definition) is 1. The van der Waals surface area contributed by atoms with Gasteiger partial charge in [-0.25, -0.2) is 4.98 Å². The highest BCUT2D eigenvalue weighted by Gasteiger charge is 2.10. The largest absolute Gasteiger partial charge is 0.481 e. The summed E-state index contributed by atoms with van der Waals surface area (Å²) in [7, 11) is 1.63. The van der Waals surface area contributed by atoms with E-state index in [1.165, 1.54) is 0 Å². The van der Waals surface area contributed by atoms with Gasteiger partial charge in [-0.1, -0.05) is 6.07 Å². The number of carboxylic acids is 1. The lowest BCUT2D eigenvalue weighted by Crippen LogP contribution is -2.02. The minimum Gasteiger partial charge on any atom is -0.481 e. The molecule has 1 aromatic carbocycles. The van der Waals surface area contributed by atoms with Gasteiger partial charge in [0.2, 0.25) is 0 Å².